The molecule has 1 aliphatic rings. The molecule has 0 spiro atoms. The maximum absolute atomic E-state index is 12.5. The quantitative estimate of drug-likeness (QED) is 0.653. The van der Waals surface area contributed by atoms with Crippen LogP contribution in [0.15, 0.2) is 36.4 Å². The molecule has 0 saturated carbocycles. The number of amides is 1. The third-order valence-electron chi connectivity index (χ3n) is 5.41. The largest absolute Gasteiger partial charge is 0.497 e. The number of benzene rings is 2. The summed E-state index contributed by atoms with van der Waals surface area (Å²) in [6.45, 7) is 6.06. The number of rotatable bonds is 7. The lowest BCUT2D eigenvalue weighted by atomic mass is 9.99. The number of carbonyl (C=O) groups excluding carboxylic acids is 1. The van der Waals surface area contributed by atoms with Gasteiger partial charge in [-0.15, -0.1) is 0 Å². The van der Waals surface area contributed by atoms with E-state index in [-0.39, 0.29) is 5.91 Å². The van der Waals surface area contributed by atoms with Gasteiger partial charge in [-0.1, -0.05) is 19.1 Å². The zero-order valence-electron chi connectivity index (χ0n) is 17.3. The fourth-order valence-electron chi connectivity index (χ4n) is 3.80. The Balaban J connectivity index is 1.68. The van der Waals surface area contributed by atoms with Gasteiger partial charge in [0.05, 0.1) is 7.11 Å². The summed E-state index contributed by atoms with van der Waals surface area (Å²) in [6, 6.07) is 12.0. The zero-order chi connectivity index (χ0) is 19.9. The first-order chi connectivity index (χ1) is 13.6. The molecule has 150 valence electrons. The van der Waals surface area contributed by atoms with Crippen LogP contribution in [0.25, 0.3) is 0 Å². The minimum atomic E-state index is 0.286. The van der Waals surface area contributed by atoms with Crippen molar-refractivity contribution < 1.29 is 14.3 Å². The molecule has 0 N–H and O–H groups in total. The number of carbonyl (C=O) groups is 1. The smallest absolute Gasteiger partial charge is 0.222 e. The highest BCUT2D eigenvalue weighted by Gasteiger charge is 2.17. The predicted molar refractivity (Wildman–Crippen MR) is 112 cm³/mol. The Labute approximate surface area is 168 Å². The van der Waals surface area contributed by atoms with Crippen LogP contribution in [0.5, 0.6) is 17.2 Å². The molecule has 1 saturated heterocycles. The van der Waals surface area contributed by atoms with Crippen LogP contribution in [0.3, 0.4) is 0 Å². The SMILES string of the molecule is CCc1cc(CCC(=O)N2CCCCC2)cc(C)c1Oc1ccc(OC)cc1. The van der Waals surface area contributed by atoms with Crippen molar-refractivity contribution in [3.05, 3.63) is 53.1 Å². The topological polar surface area (TPSA) is 38.8 Å². The molecule has 0 unspecified atom stereocenters. The Hall–Kier alpha value is -2.49. The summed E-state index contributed by atoms with van der Waals surface area (Å²) in [4.78, 5) is 14.5. The number of ether oxygens (including phenoxy) is 2. The molecule has 4 heteroatoms. The molecule has 0 aliphatic carbocycles. The van der Waals surface area contributed by atoms with Gasteiger partial charge in [0.15, 0.2) is 0 Å². The minimum Gasteiger partial charge on any atom is -0.497 e. The lowest BCUT2D eigenvalue weighted by Gasteiger charge is -2.26. The average molecular weight is 382 g/mol. The molecule has 2 aromatic rings. The molecule has 0 atom stereocenters. The second-order valence-electron chi connectivity index (χ2n) is 7.47. The Morgan fingerprint density at radius 2 is 1.71 bits per heavy atom. The van der Waals surface area contributed by atoms with Crippen molar-refractivity contribution in [2.24, 2.45) is 0 Å². The molecule has 1 amide bonds. The number of nitrogens with zero attached hydrogens (tertiary/aromatic N) is 1. The Bertz CT molecular complexity index is 792. The van der Waals surface area contributed by atoms with Gasteiger partial charge in [0.25, 0.3) is 0 Å². The van der Waals surface area contributed by atoms with Crippen LogP contribution in [-0.2, 0) is 17.6 Å². The molecule has 3 rings (SSSR count). The van der Waals surface area contributed by atoms with Gasteiger partial charge >= 0.3 is 0 Å². The number of piperidine rings is 1. The summed E-state index contributed by atoms with van der Waals surface area (Å²) >= 11 is 0. The molecule has 0 bridgehead atoms. The first-order valence-electron chi connectivity index (χ1n) is 10.3. The van der Waals surface area contributed by atoms with E-state index in [1.165, 1.54) is 17.5 Å². The van der Waals surface area contributed by atoms with Gasteiger partial charge in [-0.25, -0.2) is 0 Å². The lowest BCUT2D eigenvalue weighted by molar-refractivity contribution is -0.132. The highest BCUT2D eigenvalue weighted by atomic mass is 16.5. The van der Waals surface area contributed by atoms with Gasteiger partial charge in [0.1, 0.15) is 17.2 Å². The summed E-state index contributed by atoms with van der Waals surface area (Å²) in [5, 5.41) is 0. The molecular weight excluding hydrogens is 350 g/mol. The second-order valence-corrected chi connectivity index (χ2v) is 7.47. The summed E-state index contributed by atoms with van der Waals surface area (Å²) in [6.07, 6.45) is 5.79. The van der Waals surface area contributed by atoms with E-state index < -0.39 is 0 Å². The van der Waals surface area contributed by atoms with Crippen LogP contribution in [0.4, 0.5) is 0 Å². The summed E-state index contributed by atoms with van der Waals surface area (Å²) < 4.78 is 11.4. The van der Waals surface area contributed by atoms with E-state index in [1.54, 1.807) is 7.11 Å². The molecular formula is C24H31NO3. The van der Waals surface area contributed by atoms with Crippen molar-refractivity contribution in [3.63, 3.8) is 0 Å². The normalized spacial score (nSPS) is 14.0. The number of hydrogen-bond donors (Lipinski definition) is 0. The van der Waals surface area contributed by atoms with Gasteiger partial charge in [-0.05, 0) is 80.0 Å². The van der Waals surface area contributed by atoms with Gasteiger partial charge in [0.2, 0.25) is 5.91 Å². The van der Waals surface area contributed by atoms with Crippen LogP contribution in [0.1, 0.15) is 49.3 Å². The van der Waals surface area contributed by atoms with E-state index in [4.69, 9.17) is 9.47 Å². The maximum atomic E-state index is 12.5. The molecule has 1 aliphatic heterocycles. The van der Waals surface area contributed by atoms with Crippen molar-refractivity contribution in [1.29, 1.82) is 0 Å². The van der Waals surface area contributed by atoms with Gasteiger partial charge in [-0.2, -0.15) is 0 Å². The number of likely N-dealkylation sites (tertiary alicyclic amines) is 1. The third-order valence-corrected chi connectivity index (χ3v) is 5.41. The maximum Gasteiger partial charge on any atom is 0.222 e. The van der Waals surface area contributed by atoms with Gasteiger partial charge in [-0.3, -0.25) is 4.79 Å². The summed E-state index contributed by atoms with van der Waals surface area (Å²) in [5.74, 6) is 2.81. The Morgan fingerprint density at radius 3 is 2.36 bits per heavy atom. The summed E-state index contributed by atoms with van der Waals surface area (Å²) in [5.41, 5.74) is 3.49. The second kappa shape index (κ2) is 9.63. The minimum absolute atomic E-state index is 0.286. The highest BCUT2D eigenvalue weighted by Crippen LogP contribution is 2.32. The van der Waals surface area contributed by atoms with Crippen LogP contribution in [-0.4, -0.2) is 31.0 Å². The van der Waals surface area contributed by atoms with Crippen molar-refractivity contribution in [2.45, 2.75) is 52.4 Å². The monoisotopic (exact) mass is 381 g/mol. The Kier molecular flexibility index (Phi) is 6.96. The standard InChI is InChI=1S/C24H31NO3/c1-4-20-17-19(8-13-23(26)25-14-6-5-7-15-25)16-18(2)24(20)28-22-11-9-21(27-3)10-12-22/h9-12,16-17H,4-8,13-15H2,1-3H3. The van der Waals surface area contributed by atoms with Gasteiger partial charge < -0.3 is 14.4 Å². The van der Waals surface area contributed by atoms with Crippen molar-refractivity contribution in [3.8, 4) is 17.2 Å². The first kappa shape index (κ1) is 20.2. The van der Waals surface area contributed by atoms with Crippen molar-refractivity contribution in [1.82, 2.24) is 4.90 Å². The molecule has 1 heterocycles. The molecule has 28 heavy (non-hydrogen) atoms. The Morgan fingerprint density at radius 1 is 1.04 bits per heavy atom. The number of methoxy groups -OCH3 is 1. The van der Waals surface area contributed by atoms with E-state index >= 15 is 0 Å². The highest BCUT2D eigenvalue weighted by molar-refractivity contribution is 5.76. The molecule has 0 radical (unpaired) electrons. The third kappa shape index (κ3) is 5.06. The van der Waals surface area contributed by atoms with E-state index in [2.05, 4.69) is 26.0 Å². The summed E-state index contributed by atoms with van der Waals surface area (Å²) in [7, 11) is 1.66. The lowest BCUT2D eigenvalue weighted by Crippen LogP contribution is -2.35. The average Bonchev–Trinajstić information content (AvgIpc) is 2.74. The van der Waals surface area contributed by atoms with E-state index in [0.717, 1.165) is 61.6 Å². The van der Waals surface area contributed by atoms with Crippen molar-refractivity contribution >= 4 is 5.91 Å². The fourth-order valence-corrected chi connectivity index (χ4v) is 3.80. The molecule has 2 aromatic carbocycles. The zero-order valence-corrected chi connectivity index (χ0v) is 17.3. The van der Waals surface area contributed by atoms with E-state index in [0.29, 0.717) is 6.42 Å². The van der Waals surface area contributed by atoms with Crippen LogP contribution >= 0.6 is 0 Å². The van der Waals surface area contributed by atoms with E-state index in [9.17, 15) is 4.79 Å². The van der Waals surface area contributed by atoms with Crippen LogP contribution in [0.2, 0.25) is 0 Å². The van der Waals surface area contributed by atoms with Crippen LogP contribution in [0, 0.1) is 6.92 Å². The predicted octanol–water partition coefficient (Wildman–Crippen LogP) is 5.30. The number of hydrogen-bond acceptors (Lipinski definition) is 3. The number of aryl methyl sites for hydroxylation is 3. The molecule has 4 nitrogen and oxygen atoms in total. The van der Waals surface area contributed by atoms with Crippen molar-refractivity contribution in [2.75, 3.05) is 20.2 Å². The molecule has 1 fully saturated rings. The van der Waals surface area contributed by atoms with Gasteiger partial charge in [0, 0.05) is 19.5 Å². The fraction of sp³-hybridized carbons (Fsp3) is 0.458. The first-order valence-corrected chi connectivity index (χ1v) is 10.3. The molecule has 0 aromatic heterocycles. The van der Waals surface area contributed by atoms with Crippen LogP contribution < -0.4 is 9.47 Å². The van der Waals surface area contributed by atoms with E-state index in [1.807, 2.05) is 29.2 Å².